The molecule has 0 aliphatic rings. The van der Waals surface area contributed by atoms with Crippen molar-refractivity contribution < 1.29 is 4.79 Å². The third-order valence-electron chi connectivity index (χ3n) is 1.97. The summed E-state index contributed by atoms with van der Waals surface area (Å²) in [6.07, 6.45) is 6.90. The molecule has 0 aromatic carbocycles. The largest absolute Gasteiger partial charge is 0.330 e. The van der Waals surface area contributed by atoms with E-state index in [4.69, 9.17) is 5.73 Å². The Balaban J connectivity index is 3.08. The van der Waals surface area contributed by atoms with E-state index in [1.807, 2.05) is 0 Å². The van der Waals surface area contributed by atoms with Crippen molar-refractivity contribution in [3.05, 3.63) is 0 Å². The van der Waals surface area contributed by atoms with Gasteiger partial charge in [0.05, 0.1) is 0 Å². The number of nitrogens with two attached hydrogens (primary N) is 1. The fourth-order valence-corrected chi connectivity index (χ4v) is 1.14. The highest BCUT2D eigenvalue weighted by molar-refractivity contribution is 5.78. The minimum atomic E-state index is 0.425. The number of Topliss-reactive ketones (excluding diaryl/α,β-unsaturated/α-hetero) is 1. The molecule has 0 atom stereocenters. The maximum absolute atomic E-state index is 11.1. The Hall–Kier alpha value is -0.370. The second-order valence-corrected chi connectivity index (χ2v) is 3.24. The number of carbonyl (C=O) groups is 1. The van der Waals surface area contributed by atoms with Crippen molar-refractivity contribution in [2.75, 3.05) is 6.54 Å². The summed E-state index contributed by atoms with van der Waals surface area (Å²) in [5.41, 5.74) is 5.34. The van der Waals surface area contributed by atoms with Crippen LogP contribution in [0.2, 0.25) is 0 Å². The van der Waals surface area contributed by atoms with Crippen molar-refractivity contribution in [2.24, 2.45) is 5.73 Å². The molecule has 0 aromatic heterocycles. The summed E-state index contributed by atoms with van der Waals surface area (Å²) in [4.78, 5) is 11.1. The number of carbonyl (C=O) groups excluding carboxylic acids is 1. The second kappa shape index (κ2) is 8.72. The van der Waals surface area contributed by atoms with Crippen molar-refractivity contribution in [1.29, 1.82) is 0 Å². The maximum atomic E-state index is 11.1. The maximum Gasteiger partial charge on any atom is 0.132 e. The van der Waals surface area contributed by atoms with Gasteiger partial charge in [-0.1, -0.05) is 19.8 Å². The highest BCUT2D eigenvalue weighted by Crippen LogP contribution is 2.04. The van der Waals surface area contributed by atoms with Crippen molar-refractivity contribution in [1.82, 2.24) is 0 Å². The van der Waals surface area contributed by atoms with Crippen LogP contribution in [-0.4, -0.2) is 12.3 Å². The Morgan fingerprint density at radius 1 is 1.08 bits per heavy atom. The normalized spacial score (nSPS) is 10.2. The summed E-state index contributed by atoms with van der Waals surface area (Å²) in [5, 5.41) is 0. The Labute approximate surface area is 75.5 Å². The molecular formula is C10H21NO. The van der Waals surface area contributed by atoms with Gasteiger partial charge in [0.2, 0.25) is 0 Å². The Morgan fingerprint density at radius 2 is 1.75 bits per heavy atom. The van der Waals surface area contributed by atoms with Gasteiger partial charge < -0.3 is 5.73 Å². The van der Waals surface area contributed by atoms with Gasteiger partial charge in [-0.15, -0.1) is 0 Å². The topological polar surface area (TPSA) is 43.1 Å². The quantitative estimate of drug-likeness (QED) is 0.569. The lowest BCUT2D eigenvalue weighted by molar-refractivity contribution is -0.119. The average molecular weight is 171 g/mol. The lowest BCUT2D eigenvalue weighted by Gasteiger charge is -1.98. The van der Waals surface area contributed by atoms with Crippen LogP contribution in [0.25, 0.3) is 0 Å². The third-order valence-corrected chi connectivity index (χ3v) is 1.97. The molecule has 72 valence electrons. The molecule has 2 heteroatoms. The minimum absolute atomic E-state index is 0.425. The van der Waals surface area contributed by atoms with E-state index in [-0.39, 0.29) is 0 Å². The molecular weight excluding hydrogens is 150 g/mol. The van der Waals surface area contributed by atoms with Gasteiger partial charge in [-0.05, 0) is 25.8 Å². The van der Waals surface area contributed by atoms with Gasteiger partial charge >= 0.3 is 0 Å². The van der Waals surface area contributed by atoms with Crippen LogP contribution in [0.4, 0.5) is 0 Å². The van der Waals surface area contributed by atoms with Crippen molar-refractivity contribution in [3.63, 3.8) is 0 Å². The molecule has 2 N–H and O–H groups in total. The van der Waals surface area contributed by atoms with E-state index in [0.29, 0.717) is 5.78 Å². The average Bonchev–Trinajstić information content (AvgIpc) is 2.09. The lowest BCUT2D eigenvalue weighted by atomic mass is 10.1. The summed E-state index contributed by atoms with van der Waals surface area (Å²) in [5.74, 6) is 0.425. The zero-order valence-electron chi connectivity index (χ0n) is 8.14. The monoisotopic (exact) mass is 171 g/mol. The van der Waals surface area contributed by atoms with Crippen LogP contribution >= 0.6 is 0 Å². The zero-order valence-corrected chi connectivity index (χ0v) is 8.14. The molecule has 0 unspecified atom stereocenters. The first kappa shape index (κ1) is 11.6. The van der Waals surface area contributed by atoms with E-state index in [0.717, 1.165) is 51.5 Å². The molecule has 0 heterocycles. The Morgan fingerprint density at radius 3 is 2.33 bits per heavy atom. The van der Waals surface area contributed by atoms with E-state index in [2.05, 4.69) is 6.92 Å². The number of rotatable bonds is 8. The van der Waals surface area contributed by atoms with Crippen LogP contribution < -0.4 is 5.73 Å². The van der Waals surface area contributed by atoms with Crippen molar-refractivity contribution in [3.8, 4) is 0 Å². The first-order chi connectivity index (χ1) is 5.81. The van der Waals surface area contributed by atoms with Crippen LogP contribution in [0.1, 0.15) is 51.9 Å². The summed E-state index contributed by atoms with van der Waals surface area (Å²) in [7, 11) is 0. The fourth-order valence-electron chi connectivity index (χ4n) is 1.14. The van der Waals surface area contributed by atoms with Crippen LogP contribution in [-0.2, 0) is 4.79 Å². The molecule has 0 bridgehead atoms. The molecule has 2 nitrogen and oxygen atoms in total. The van der Waals surface area contributed by atoms with Gasteiger partial charge in [0, 0.05) is 12.8 Å². The fraction of sp³-hybridized carbons (Fsp3) is 0.900. The molecule has 0 aromatic rings. The van der Waals surface area contributed by atoms with Gasteiger partial charge in [0.15, 0.2) is 0 Å². The number of hydrogen-bond acceptors (Lipinski definition) is 2. The molecule has 0 aliphatic heterocycles. The molecule has 0 spiro atoms. The Bertz CT molecular complexity index is 112. The SMILES string of the molecule is CCCCC(=O)CCCCCN. The van der Waals surface area contributed by atoms with Crippen LogP contribution in [0.3, 0.4) is 0 Å². The zero-order chi connectivity index (χ0) is 9.23. The molecule has 12 heavy (non-hydrogen) atoms. The lowest BCUT2D eigenvalue weighted by Crippen LogP contribution is -2.00. The smallest absolute Gasteiger partial charge is 0.132 e. The molecule has 0 saturated heterocycles. The van der Waals surface area contributed by atoms with Crippen molar-refractivity contribution >= 4 is 5.78 Å². The Kier molecular flexibility index (Phi) is 8.46. The third kappa shape index (κ3) is 7.73. The predicted octanol–water partition coefficient (Wildman–Crippen LogP) is 2.26. The molecule has 0 fully saturated rings. The predicted molar refractivity (Wildman–Crippen MR) is 52.1 cm³/mol. The van der Waals surface area contributed by atoms with Gasteiger partial charge in [0.25, 0.3) is 0 Å². The number of unbranched alkanes of at least 4 members (excludes halogenated alkanes) is 3. The molecule has 0 saturated carbocycles. The van der Waals surface area contributed by atoms with Crippen LogP contribution in [0.15, 0.2) is 0 Å². The summed E-state index contributed by atoms with van der Waals surface area (Å²) >= 11 is 0. The number of ketones is 1. The van der Waals surface area contributed by atoms with Gasteiger partial charge in [-0.3, -0.25) is 4.79 Å². The van der Waals surface area contributed by atoms with E-state index in [1.54, 1.807) is 0 Å². The van der Waals surface area contributed by atoms with E-state index in [9.17, 15) is 4.79 Å². The molecule has 0 aliphatic carbocycles. The summed E-state index contributed by atoms with van der Waals surface area (Å²) < 4.78 is 0. The standard InChI is InChI=1S/C10H21NO/c1-2-3-7-10(12)8-5-4-6-9-11/h2-9,11H2,1H3. The molecule has 0 radical (unpaired) electrons. The first-order valence-corrected chi connectivity index (χ1v) is 5.03. The van der Waals surface area contributed by atoms with Gasteiger partial charge in [-0.25, -0.2) is 0 Å². The van der Waals surface area contributed by atoms with Gasteiger partial charge in [-0.2, -0.15) is 0 Å². The summed E-state index contributed by atoms with van der Waals surface area (Å²) in [6.45, 7) is 2.87. The molecule has 0 rings (SSSR count). The van der Waals surface area contributed by atoms with E-state index >= 15 is 0 Å². The van der Waals surface area contributed by atoms with E-state index in [1.165, 1.54) is 0 Å². The highest BCUT2D eigenvalue weighted by atomic mass is 16.1. The number of hydrogen-bond donors (Lipinski definition) is 1. The molecule has 0 amide bonds. The minimum Gasteiger partial charge on any atom is -0.330 e. The second-order valence-electron chi connectivity index (χ2n) is 3.24. The highest BCUT2D eigenvalue weighted by Gasteiger charge is 1.99. The van der Waals surface area contributed by atoms with Crippen LogP contribution in [0.5, 0.6) is 0 Å². The summed E-state index contributed by atoms with van der Waals surface area (Å²) in [6, 6.07) is 0. The first-order valence-electron chi connectivity index (χ1n) is 5.03. The van der Waals surface area contributed by atoms with E-state index < -0.39 is 0 Å². The van der Waals surface area contributed by atoms with Gasteiger partial charge in [0.1, 0.15) is 5.78 Å². The van der Waals surface area contributed by atoms with Crippen molar-refractivity contribution in [2.45, 2.75) is 51.9 Å². The van der Waals surface area contributed by atoms with Crippen LogP contribution in [0, 0.1) is 0 Å².